The van der Waals surface area contributed by atoms with Crippen LogP contribution in [0, 0.1) is 0 Å². The summed E-state index contributed by atoms with van der Waals surface area (Å²) in [4.78, 5) is 22.4. The van der Waals surface area contributed by atoms with Crippen molar-refractivity contribution in [1.82, 2.24) is 34.5 Å². The number of anilines is 2. The van der Waals surface area contributed by atoms with E-state index in [1.54, 1.807) is 17.1 Å². The van der Waals surface area contributed by atoms with E-state index >= 15 is 0 Å². The maximum atomic E-state index is 13.3. The molecule has 0 aliphatic heterocycles. The lowest BCUT2D eigenvalue weighted by Gasteiger charge is -2.19. The molecule has 0 amide bonds. The van der Waals surface area contributed by atoms with E-state index in [4.69, 9.17) is 4.98 Å². The maximum Gasteiger partial charge on any atom is 0.227 e. The lowest BCUT2D eigenvalue weighted by atomic mass is 9.87. The van der Waals surface area contributed by atoms with Crippen molar-refractivity contribution in [2.45, 2.75) is 64.2 Å². The lowest BCUT2D eigenvalue weighted by Crippen LogP contribution is -2.20. The lowest BCUT2D eigenvalue weighted by molar-refractivity contribution is 0.0958. The highest BCUT2D eigenvalue weighted by Gasteiger charge is 2.28. The minimum absolute atomic E-state index is 0.0503. The normalized spacial score (nSPS) is 15.8. The predicted molar refractivity (Wildman–Crippen MR) is 143 cm³/mol. The van der Waals surface area contributed by atoms with Crippen molar-refractivity contribution in [1.29, 1.82) is 0 Å². The number of hydrogen-bond acceptors (Lipinski definition) is 7. The van der Waals surface area contributed by atoms with Gasteiger partial charge in [-0.3, -0.25) is 9.48 Å². The predicted octanol–water partition coefficient (Wildman–Crippen LogP) is 5.13. The van der Waals surface area contributed by atoms with E-state index in [9.17, 15) is 4.79 Å². The van der Waals surface area contributed by atoms with Crippen LogP contribution in [0.3, 0.4) is 0 Å². The van der Waals surface area contributed by atoms with Crippen LogP contribution in [0.1, 0.15) is 79.9 Å². The number of carbonyl (C=O) groups excluding carboxylic acids is 1. The standard InChI is InChI=1S/C28H34N8O/c1-28(2,3)26-34-33-25(36(26)5)24(37)15-19-9-7-6-8-18-14-20(10-11-22(18)19)23-12-13-29-27(32-23)31-21-16-30-35(4)17-21/h10-14,16-17,19H,6-9,15H2,1-5H3,(H,29,31,32). The van der Waals surface area contributed by atoms with Crippen LogP contribution in [0.5, 0.6) is 0 Å². The molecule has 0 spiro atoms. The molecule has 9 nitrogen and oxygen atoms in total. The number of benzene rings is 1. The van der Waals surface area contributed by atoms with Crippen LogP contribution in [0.15, 0.2) is 42.9 Å². The molecule has 1 N–H and O–H groups in total. The summed E-state index contributed by atoms with van der Waals surface area (Å²) in [6.45, 7) is 6.25. The first-order chi connectivity index (χ1) is 17.7. The molecule has 3 aromatic heterocycles. The topological polar surface area (TPSA) is 103 Å². The van der Waals surface area contributed by atoms with Crippen molar-refractivity contribution in [3.05, 3.63) is 65.6 Å². The average Bonchev–Trinajstić information content (AvgIpc) is 3.39. The monoisotopic (exact) mass is 498 g/mol. The number of nitrogens with zero attached hydrogens (tertiary/aromatic N) is 7. The molecule has 37 heavy (non-hydrogen) atoms. The summed E-state index contributed by atoms with van der Waals surface area (Å²) in [6.07, 6.45) is 10.0. The molecule has 4 aromatic rings. The number of Topliss-reactive ketones (excluding diaryl/α,β-unsaturated/α-hetero) is 1. The van der Waals surface area contributed by atoms with E-state index < -0.39 is 0 Å². The van der Waals surface area contributed by atoms with Gasteiger partial charge in [0.05, 0.1) is 17.6 Å². The third-order valence-electron chi connectivity index (χ3n) is 6.97. The maximum absolute atomic E-state index is 13.3. The zero-order valence-electron chi connectivity index (χ0n) is 22.2. The Kier molecular flexibility index (Phi) is 6.62. The second-order valence-electron chi connectivity index (χ2n) is 10.9. The van der Waals surface area contributed by atoms with Gasteiger partial charge in [-0.15, -0.1) is 10.2 Å². The Morgan fingerprint density at radius 3 is 2.70 bits per heavy atom. The smallest absolute Gasteiger partial charge is 0.227 e. The van der Waals surface area contributed by atoms with Crippen LogP contribution in [0.4, 0.5) is 11.6 Å². The summed E-state index contributed by atoms with van der Waals surface area (Å²) in [6, 6.07) is 8.45. The van der Waals surface area contributed by atoms with Gasteiger partial charge in [-0.1, -0.05) is 39.3 Å². The summed E-state index contributed by atoms with van der Waals surface area (Å²) in [5.74, 6) is 2.02. The molecular weight excluding hydrogens is 464 g/mol. The molecular formula is C28H34N8O. The van der Waals surface area contributed by atoms with Crippen LogP contribution in [-0.2, 0) is 25.9 Å². The molecule has 1 aliphatic rings. The van der Waals surface area contributed by atoms with E-state index in [1.807, 2.05) is 30.9 Å². The Morgan fingerprint density at radius 2 is 1.97 bits per heavy atom. The van der Waals surface area contributed by atoms with Gasteiger partial charge in [0.2, 0.25) is 11.7 Å². The first-order valence-electron chi connectivity index (χ1n) is 12.8. The summed E-state index contributed by atoms with van der Waals surface area (Å²) >= 11 is 0. The van der Waals surface area contributed by atoms with Gasteiger partial charge in [-0.2, -0.15) is 5.10 Å². The van der Waals surface area contributed by atoms with Crippen LogP contribution < -0.4 is 5.32 Å². The van der Waals surface area contributed by atoms with Crippen molar-refractivity contribution in [3.63, 3.8) is 0 Å². The first-order valence-corrected chi connectivity index (χ1v) is 12.8. The van der Waals surface area contributed by atoms with Gasteiger partial charge in [0.15, 0.2) is 5.82 Å². The zero-order chi connectivity index (χ0) is 26.2. The molecule has 1 aliphatic carbocycles. The van der Waals surface area contributed by atoms with E-state index in [2.05, 4.69) is 64.6 Å². The number of hydrogen-bond donors (Lipinski definition) is 1. The highest BCUT2D eigenvalue weighted by atomic mass is 16.1. The SMILES string of the molecule is Cn1cc(Nc2nccc(-c3ccc4c(c3)CCCCC4CC(=O)c3nnc(C(C)(C)C)n3C)n2)cn1. The van der Waals surface area contributed by atoms with Gasteiger partial charge in [0.1, 0.15) is 5.82 Å². The number of aryl methyl sites for hydroxylation is 2. The van der Waals surface area contributed by atoms with Crippen molar-refractivity contribution >= 4 is 17.4 Å². The highest BCUT2D eigenvalue weighted by Crippen LogP contribution is 2.36. The molecule has 9 heteroatoms. The molecule has 1 atom stereocenters. The third kappa shape index (κ3) is 5.30. The molecule has 1 unspecified atom stereocenters. The van der Waals surface area contributed by atoms with Gasteiger partial charge >= 0.3 is 0 Å². The molecule has 0 bridgehead atoms. The van der Waals surface area contributed by atoms with E-state index in [0.29, 0.717) is 18.2 Å². The van der Waals surface area contributed by atoms with Crippen LogP contribution >= 0.6 is 0 Å². The van der Waals surface area contributed by atoms with Gasteiger partial charge < -0.3 is 9.88 Å². The van der Waals surface area contributed by atoms with Gasteiger partial charge in [0, 0.05) is 43.9 Å². The van der Waals surface area contributed by atoms with E-state index in [-0.39, 0.29) is 17.1 Å². The van der Waals surface area contributed by atoms with Crippen LogP contribution in [0.2, 0.25) is 0 Å². The van der Waals surface area contributed by atoms with Crippen molar-refractivity contribution < 1.29 is 4.79 Å². The zero-order valence-corrected chi connectivity index (χ0v) is 22.2. The third-order valence-corrected chi connectivity index (χ3v) is 6.97. The second kappa shape index (κ2) is 9.88. The molecule has 0 fully saturated rings. The Morgan fingerprint density at radius 1 is 1.14 bits per heavy atom. The number of fused-ring (bicyclic) bond motifs is 1. The molecule has 3 heterocycles. The fourth-order valence-electron chi connectivity index (χ4n) is 5.19. The fourth-order valence-corrected chi connectivity index (χ4v) is 5.19. The molecule has 192 valence electrons. The number of nitrogens with one attached hydrogen (secondary N) is 1. The number of rotatable bonds is 6. The number of ketones is 1. The van der Waals surface area contributed by atoms with Gasteiger partial charge in [0.25, 0.3) is 0 Å². The summed E-state index contributed by atoms with van der Waals surface area (Å²) in [5, 5.41) is 16.0. The van der Waals surface area contributed by atoms with E-state index in [0.717, 1.165) is 48.5 Å². The Bertz CT molecular complexity index is 1430. The second-order valence-corrected chi connectivity index (χ2v) is 10.9. The van der Waals surface area contributed by atoms with Crippen LogP contribution in [-0.4, -0.2) is 40.3 Å². The van der Waals surface area contributed by atoms with Crippen molar-refractivity contribution in [2.75, 3.05) is 5.32 Å². The first kappa shape index (κ1) is 24.8. The minimum Gasteiger partial charge on any atom is -0.321 e. The van der Waals surface area contributed by atoms with E-state index in [1.165, 1.54) is 11.1 Å². The molecule has 0 saturated carbocycles. The molecule has 0 radical (unpaired) electrons. The van der Waals surface area contributed by atoms with Gasteiger partial charge in [-0.05, 0) is 48.4 Å². The Balaban J connectivity index is 1.38. The quantitative estimate of drug-likeness (QED) is 0.290. The largest absolute Gasteiger partial charge is 0.321 e. The number of aromatic nitrogens is 7. The summed E-state index contributed by atoms with van der Waals surface area (Å²) in [7, 11) is 3.76. The minimum atomic E-state index is -0.167. The van der Waals surface area contributed by atoms with Crippen molar-refractivity contribution in [2.24, 2.45) is 14.1 Å². The average molecular weight is 499 g/mol. The summed E-state index contributed by atoms with van der Waals surface area (Å²) < 4.78 is 3.59. The fraction of sp³-hybridized carbons (Fsp3) is 0.429. The summed E-state index contributed by atoms with van der Waals surface area (Å²) in [5.41, 5.74) is 5.13. The molecule has 1 aromatic carbocycles. The van der Waals surface area contributed by atoms with Crippen LogP contribution in [0.25, 0.3) is 11.3 Å². The van der Waals surface area contributed by atoms with Crippen molar-refractivity contribution in [3.8, 4) is 11.3 Å². The Labute approximate surface area is 217 Å². The molecule has 5 rings (SSSR count). The highest BCUT2D eigenvalue weighted by molar-refractivity contribution is 5.93. The number of carbonyl (C=O) groups is 1. The molecule has 0 saturated heterocycles. The van der Waals surface area contributed by atoms with Gasteiger partial charge in [-0.25, -0.2) is 9.97 Å². The Hall–Kier alpha value is -3.88.